The van der Waals surface area contributed by atoms with Gasteiger partial charge in [-0.3, -0.25) is 0 Å². The van der Waals surface area contributed by atoms with Crippen molar-refractivity contribution < 1.29 is 22.3 Å². The van der Waals surface area contributed by atoms with Crippen LogP contribution < -0.4 is 0 Å². The van der Waals surface area contributed by atoms with Crippen molar-refractivity contribution in [3.8, 4) is 6.07 Å². The maximum Gasteiger partial charge on any atom is 0.338 e. The Bertz CT molecular complexity index is 883. The third-order valence-corrected chi connectivity index (χ3v) is 4.19. The van der Waals surface area contributed by atoms with E-state index in [1.807, 2.05) is 0 Å². The predicted octanol–water partition coefficient (Wildman–Crippen LogP) is 2.46. The number of carbonyl (C=O) groups excluding carboxylic acids is 1. The van der Waals surface area contributed by atoms with Crippen molar-refractivity contribution >= 4 is 15.8 Å². The molecule has 0 spiro atoms. The molecule has 0 bridgehead atoms. The van der Waals surface area contributed by atoms with Gasteiger partial charge in [0.1, 0.15) is 12.4 Å². The molecule has 0 aliphatic heterocycles. The number of hydrogen-bond donors (Lipinski definition) is 0. The number of nitriles is 1. The van der Waals surface area contributed by atoms with Gasteiger partial charge in [-0.25, -0.2) is 17.6 Å². The Morgan fingerprint density at radius 3 is 2.39 bits per heavy atom. The fourth-order valence-corrected chi connectivity index (χ4v) is 2.43. The van der Waals surface area contributed by atoms with E-state index >= 15 is 0 Å². The van der Waals surface area contributed by atoms with Crippen molar-refractivity contribution in [2.45, 2.75) is 11.5 Å². The van der Waals surface area contributed by atoms with Crippen LogP contribution in [0.3, 0.4) is 0 Å². The van der Waals surface area contributed by atoms with Gasteiger partial charge in [0.15, 0.2) is 9.84 Å². The highest BCUT2D eigenvalue weighted by atomic mass is 32.2. The number of benzene rings is 2. The fraction of sp³-hybridized carbons (Fsp3) is 0.125. The first-order chi connectivity index (χ1) is 10.8. The number of esters is 1. The normalized spacial score (nSPS) is 10.8. The van der Waals surface area contributed by atoms with Gasteiger partial charge >= 0.3 is 5.97 Å². The molecule has 118 valence electrons. The maximum absolute atomic E-state index is 13.7. The largest absolute Gasteiger partial charge is 0.457 e. The van der Waals surface area contributed by atoms with Crippen LogP contribution in [0.5, 0.6) is 0 Å². The first-order valence-corrected chi connectivity index (χ1v) is 8.36. The molecule has 23 heavy (non-hydrogen) atoms. The lowest BCUT2D eigenvalue weighted by molar-refractivity contribution is 0.0469. The van der Waals surface area contributed by atoms with Crippen LogP contribution in [0.25, 0.3) is 0 Å². The number of nitrogens with zero attached hydrogens (tertiary/aromatic N) is 1. The summed E-state index contributed by atoms with van der Waals surface area (Å²) in [6, 6.07) is 10.9. The number of rotatable bonds is 4. The number of hydrogen-bond acceptors (Lipinski definition) is 5. The third-order valence-electron chi connectivity index (χ3n) is 3.06. The summed E-state index contributed by atoms with van der Waals surface area (Å²) in [4.78, 5) is 12.0. The predicted molar refractivity (Wildman–Crippen MR) is 79.8 cm³/mol. The van der Waals surface area contributed by atoms with E-state index in [9.17, 15) is 17.6 Å². The highest BCUT2D eigenvalue weighted by Crippen LogP contribution is 2.14. The van der Waals surface area contributed by atoms with Gasteiger partial charge in [0.05, 0.1) is 22.1 Å². The number of carbonyl (C=O) groups is 1. The lowest BCUT2D eigenvalue weighted by Crippen LogP contribution is -2.07. The minimum absolute atomic E-state index is 0.0900. The molecule has 0 heterocycles. The SMILES string of the molecule is CS(=O)(=O)c1ccc(C(=O)OCc2ccc(C#N)cc2F)cc1. The molecule has 2 rings (SSSR count). The second kappa shape index (κ2) is 6.58. The summed E-state index contributed by atoms with van der Waals surface area (Å²) in [5.41, 5.74) is 0.477. The first-order valence-electron chi connectivity index (χ1n) is 6.47. The van der Waals surface area contributed by atoms with Gasteiger partial charge in [0.2, 0.25) is 0 Å². The van der Waals surface area contributed by atoms with Crippen LogP contribution in [0.1, 0.15) is 21.5 Å². The monoisotopic (exact) mass is 333 g/mol. The van der Waals surface area contributed by atoms with Crippen LogP contribution >= 0.6 is 0 Å². The van der Waals surface area contributed by atoms with Crippen molar-refractivity contribution in [2.24, 2.45) is 0 Å². The Kier molecular flexibility index (Phi) is 4.77. The molecule has 0 radical (unpaired) electrons. The van der Waals surface area contributed by atoms with E-state index < -0.39 is 21.6 Å². The summed E-state index contributed by atoms with van der Waals surface area (Å²) in [5, 5.41) is 8.65. The average Bonchev–Trinajstić information content (AvgIpc) is 2.52. The van der Waals surface area contributed by atoms with E-state index in [1.54, 1.807) is 6.07 Å². The molecule has 0 fully saturated rings. The Labute approximate surface area is 132 Å². The fourth-order valence-electron chi connectivity index (χ4n) is 1.80. The zero-order valence-electron chi connectivity index (χ0n) is 12.1. The highest BCUT2D eigenvalue weighted by Gasteiger charge is 2.12. The van der Waals surface area contributed by atoms with Gasteiger partial charge in [0.25, 0.3) is 0 Å². The second-order valence-electron chi connectivity index (χ2n) is 4.79. The summed E-state index contributed by atoms with van der Waals surface area (Å²) in [6.45, 7) is -0.287. The zero-order chi connectivity index (χ0) is 17.0. The van der Waals surface area contributed by atoms with Gasteiger partial charge in [-0.1, -0.05) is 6.07 Å². The lowest BCUT2D eigenvalue weighted by atomic mass is 10.1. The van der Waals surface area contributed by atoms with E-state index in [1.165, 1.54) is 36.4 Å². The summed E-state index contributed by atoms with van der Waals surface area (Å²) in [7, 11) is -3.34. The molecule has 5 nitrogen and oxygen atoms in total. The van der Waals surface area contributed by atoms with Gasteiger partial charge in [-0.15, -0.1) is 0 Å². The number of sulfone groups is 1. The molecule has 0 amide bonds. The molecule has 0 saturated carbocycles. The molecule has 2 aromatic carbocycles. The van der Waals surface area contributed by atoms with Gasteiger partial charge < -0.3 is 4.74 Å². The summed E-state index contributed by atoms with van der Waals surface area (Å²) in [5.74, 6) is -1.34. The standard InChI is InChI=1S/C16H12FNO4S/c1-23(20,21)14-6-4-12(5-7-14)16(19)22-10-13-3-2-11(9-18)8-15(13)17/h2-8H,10H2,1H3. The van der Waals surface area contributed by atoms with Crippen LogP contribution in [0.2, 0.25) is 0 Å². The third kappa shape index (κ3) is 4.14. The van der Waals surface area contributed by atoms with Crippen molar-refractivity contribution in [1.82, 2.24) is 0 Å². The second-order valence-corrected chi connectivity index (χ2v) is 6.81. The zero-order valence-corrected chi connectivity index (χ0v) is 12.9. The molecule has 2 aromatic rings. The molecule has 0 aliphatic carbocycles. The minimum Gasteiger partial charge on any atom is -0.457 e. The van der Waals surface area contributed by atoms with E-state index in [0.29, 0.717) is 0 Å². The van der Waals surface area contributed by atoms with E-state index in [4.69, 9.17) is 10.00 Å². The smallest absolute Gasteiger partial charge is 0.338 e. The molecule has 7 heteroatoms. The minimum atomic E-state index is -3.34. The number of ether oxygens (including phenoxy) is 1. The van der Waals surface area contributed by atoms with Crippen LogP contribution in [0, 0.1) is 17.1 Å². The molecule has 0 aromatic heterocycles. The topological polar surface area (TPSA) is 84.2 Å². The van der Waals surface area contributed by atoms with E-state index in [2.05, 4.69) is 0 Å². The van der Waals surface area contributed by atoms with Crippen LogP contribution in [-0.2, 0) is 21.2 Å². The Hall–Kier alpha value is -2.72. The lowest BCUT2D eigenvalue weighted by Gasteiger charge is -2.07. The van der Waals surface area contributed by atoms with Crippen LogP contribution in [-0.4, -0.2) is 20.6 Å². The quantitative estimate of drug-likeness (QED) is 0.803. The van der Waals surface area contributed by atoms with Crippen LogP contribution in [0.4, 0.5) is 4.39 Å². The molecule has 0 saturated heterocycles. The molecular weight excluding hydrogens is 321 g/mol. The molecule has 0 N–H and O–H groups in total. The summed E-state index contributed by atoms with van der Waals surface area (Å²) in [6.07, 6.45) is 1.06. The summed E-state index contributed by atoms with van der Waals surface area (Å²) >= 11 is 0. The van der Waals surface area contributed by atoms with E-state index in [-0.39, 0.29) is 28.2 Å². The molecule has 0 unspecified atom stereocenters. The van der Waals surface area contributed by atoms with Gasteiger partial charge in [0, 0.05) is 11.8 Å². The van der Waals surface area contributed by atoms with Crippen molar-refractivity contribution in [1.29, 1.82) is 5.26 Å². The van der Waals surface area contributed by atoms with Crippen LogP contribution in [0.15, 0.2) is 47.4 Å². The van der Waals surface area contributed by atoms with E-state index in [0.717, 1.165) is 12.3 Å². The molecule has 0 atom stereocenters. The molecule has 0 aliphatic rings. The van der Waals surface area contributed by atoms with Crippen molar-refractivity contribution in [2.75, 3.05) is 6.26 Å². The van der Waals surface area contributed by atoms with Gasteiger partial charge in [-0.05, 0) is 36.4 Å². The summed E-state index contributed by atoms with van der Waals surface area (Å²) < 4.78 is 41.3. The Morgan fingerprint density at radius 1 is 1.22 bits per heavy atom. The molecular formula is C16H12FNO4S. The van der Waals surface area contributed by atoms with Crippen molar-refractivity contribution in [3.05, 3.63) is 65.0 Å². The highest BCUT2D eigenvalue weighted by molar-refractivity contribution is 7.90. The van der Waals surface area contributed by atoms with Gasteiger partial charge in [-0.2, -0.15) is 5.26 Å². The Morgan fingerprint density at radius 2 is 1.87 bits per heavy atom. The maximum atomic E-state index is 13.7. The number of halogens is 1. The average molecular weight is 333 g/mol. The first kappa shape index (κ1) is 16.6. The van der Waals surface area contributed by atoms with Crippen molar-refractivity contribution in [3.63, 3.8) is 0 Å². The Balaban J connectivity index is 2.07.